The van der Waals surface area contributed by atoms with Gasteiger partial charge in [0.2, 0.25) is 11.8 Å². The summed E-state index contributed by atoms with van der Waals surface area (Å²) in [7, 11) is 0. The van der Waals surface area contributed by atoms with Crippen molar-refractivity contribution in [3.8, 4) is 0 Å². The van der Waals surface area contributed by atoms with Gasteiger partial charge in [0.25, 0.3) is 0 Å². The predicted molar refractivity (Wildman–Crippen MR) is 126 cm³/mol. The Kier molecular flexibility index (Phi) is 10.6. The minimum atomic E-state index is -0.489. The first-order valence-electron chi connectivity index (χ1n) is 10.9. The van der Waals surface area contributed by atoms with Crippen LogP contribution in [0.25, 0.3) is 0 Å². The van der Waals surface area contributed by atoms with Crippen LogP contribution in [-0.4, -0.2) is 41.1 Å². The quantitative estimate of drug-likeness (QED) is 0.510. The summed E-state index contributed by atoms with van der Waals surface area (Å²) in [5, 5.41) is 3.03. The van der Waals surface area contributed by atoms with Crippen molar-refractivity contribution in [2.75, 3.05) is 12.3 Å². The Morgan fingerprint density at radius 3 is 2.29 bits per heavy atom. The summed E-state index contributed by atoms with van der Waals surface area (Å²) < 4.78 is 13.1. The fourth-order valence-electron chi connectivity index (χ4n) is 3.26. The van der Waals surface area contributed by atoms with Crippen LogP contribution < -0.4 is 5.32 Å². The average molecular weight is 445 g/mol. The van der Waals surface area contributed by atoms with E-state index in [9.17, 15) is 14.0 Å². The molecule has 0 aliphatic carbocycles. The lowest BCUT2D eigenvalue weighted by Gasteiger charge is -2.31. The van der Waals surface area contributed by atoms with Crippen molar-refractivity contribution in [1.29, 1.82) is 0 Å². The van der Waals surface area contributed by atoms with Crippen molar-refractivity contribution >= 4 is 23.6 Å². The molecule has 0 saturated carbocycles. The molecule has 31 heavy (non-hydrogen) atoms. The molecule has 0 aromatic heterocycles. The Hall–Kier alpha value is -2.34. The van der Waals surface area contributed by atoms with Crippen LogP contribution in [0.2, 0.25) is 0 Å². The molecule has 0 bridgehead atoms. The Balaban J connectivity index is 2.05. The van der Waals surface area contributed by atoms with E-state index < -0.39 is 6.04 Å². The number of hydrogen-bond donors (Lipinski definition) is 1. The maximum Gasteiger partial charge on any atom is 0.243 e. The van der Waals surface area contributed by atoms with Gasteiger partial charge in [-0.1, -0.05) is 56.3 Å². The number of amides is 2. The highest BCUT2D eigenvalue weighted by Gasteiger charge is 2.28. The molecule has 6 heteroatoms. The van der Waals surface area contributed by atoms with Crippen molar-refractivity contribution in [1.82, 2.24) is 10.2 Å². The third kappa shape index (κ3) is 8.37. The Bertz CT molecular complexity index is 814. The average Bonchev–Trinajstić information content (AvgIpc) is 2.78. The molecule has 0 spiro atoms. The van der Waals surface area contributed by atoms with E-state index in [2.05, 4.69) is 5.32 Å². The largest absolute Gasteiger partial charge is 0.352 e. The molecule has 0 unspecified atom stereocenters. The predicted octanol–water partition coefficient (Wildman–Crippen LogP) is 4.82. The smallest absolute Gasteiger partial charge is 0.243 e. The summed E-state index contributed by atoms with van der Waals surface area (Å²) in [5.41, 5.74) is 2.10. The topological polar surface area (TPSA) is 49.4 Å². The zero-order valence-electron chi connectivity index (χ0n) is 18.6. The van der Waals surface area contributed by atoms with E-state index in [4.69, 9.17) is 0 Å². The summed E-state index contributed by atoms with van der Waals surface area (Å²) >= 11 is 1.48. The molecule has 2 rings (SSSR count). The minimum Gasteiger partial charge on any atom is -0.352 e. The van der Waals surface area contributed by atoms with Gasteiger partial charge in [-0.15, -0.1) is 11.8 Å². The number of halogens is 1. The number of rotatable bonds is 12. The standard InChI is InChI=1S/C25H33FN2O2S/c1-4-19(3)27-25(30)23(5-2)28(16-15-20-9-7-6-8-10-20)24(29)18-31-17-21-11-13-22(26)14-12-21/h6-14,19,23H,4-5,15-18H2,1-3H3,(H,27,30)/t19-,23-/m1/s1. The van der Waals surface area contributed by atoms with E-state index in [1.165, 1.54) is 23.9 Å². The van der Waals surface area contributed by atoms with Crippen LogP contribution in [0.15, 0.2) is 54.6 Å². The second-order valence-electron chi connectivity index (χ2n) is 7.68. The molecule has 2 aromatic carbocycles. The second kappa shape index (κ2) is 13.2. The van der Waals surface area contributed by atoms with Gasteiger partial charge in [0.15, 0.2) is 0 Å². The summed E-state index contributed by atoms with van der Waals surface area (Å²) in [6, 6.07) is 15.9. The molecule has 0 aliphatic rings. The van der Waals surface area contributed by atoms with Crippen LogP contribution >= 0.6 is 11.8 Å². The van der Waals surface area contributed by atoms with Crippen molar-refractivity contribution in [3.63, 3.8) is 0 Å². The van der Waals surface area contributed by atoms with Crippen molar-refractivity contribution in [2.45, 2.75) is 57.9 Å². The zero-order valence-corrected chi connectivity index (χ0v) is 19.5. The van der Waals surface area contributed by atoms with E-state index in [0.717, 1.165) is 17.5 Å². The van der Waals surface area contributed by atoms with Crippen LogP contribution in [0.1, 0.15) is 44.7 Å². The van der Waals surface area contributed by atoms with Crippen LogP contribution in [0.4, 0.5) is 4.39 Å². The molecule has 0 aliphatic heterocycles. The summed E-state index contributed by atoms with van der Waals surface area (Å²) in [4.78, 5) is 27.7. The first-order chi connectivity index (χ1) is 14.9. The first-order valence-corrected chi connectivity index (χ1v) is 12.1. The normalized spacial score (nSPS) is 12.8. The van der Waals surface area contributed by atoms with Crippen LogP contribution in [0, 0.1) is 5.82 Å². The number of benzene rings is 2. The molecule has 168 valence electrons. The lowest BCUT2D eigenvalue weighted by atomic mass is 10.1. The lowest BCUT2D eigenvalue weighted by molar-refractivity contribution is -0.139. The van der Waals surface area contributed by atoms with Gasteiger partial charge in [-0.3, -0.25) is 9.59 Å². The van der Waals surface area contributed by atoms with Gasteiger partial charge in [-0.2, -0.15) is 0 Å². The molecule has 2 aromatic rings. The van der Waals surface area contributed by atoms with Gasteiger partial charge in [-0.25, -0.2) is 4.39 Å². The van der Waals surface area contributed by atoms with E-state index in [-0.39, 0.29) is 29.4 Å². The molecule has 0 radical (unpaired) electrons. The van der Waals surface area contributed by atoms with Gasteiger partial charge >= 0.3 is 0 Å². The van der Waals surface area contributed by atoms with E-state index >= 15 is 0 Å². The molecule has 2 amide bonds. The van der Waals surface area contributed by atoms with Crippen LogP contribution in [0.5, 0.6) is 0 Å². The third-order valence-electron chi connectivity index (χ3n) is 5.28. The summed E-state index contributed by atoms with van der Waals surface area (Å²) in [6.45, 7) is 6.43. The molecular weight excluding hydrogens is 411 g/mol. The van der Waals surface area contributed by atoms with Crippen LogP contribution in [0.3, 0.4) is 0 Å². The van der Waals surface area contributed by atoms with Gasteiger partial charge in [0.1, 0.15) is 11.9 Å². The molecular formula is C25H33FN2O2S. The lowest BCUT2D eigenvalue weighted by Crippen LogP contribution is -2.52. The Morgan fingerprint density at radius 2 is 1.68 bits per heavy atom. The first kappa shape index (κ1) is 24.9. The Labute approximate surface area is 189 Å². The molecule has 1 N–H and O–H groups in total. The van der Waals surface area contributed by atoms with Gasteiger partial charge in [0.05, 0.1) is 5.75 Å². The Morgan fingerprint density at radius 1 is 1.00 bits per heavy atom. The fraction of sp³-hybridized carbons (Fsp3) is 0.440. The maximum absolute atomic E-state index is 13.1. The highest BCUT2D eigenvalue weighted by Crippen LogP contribution is 2.16. The fourth-order valence-corrected chi connectivity index (χ4v) is 4.13. The van der Waals surface area contributed by atoms with Crippen molar-refractivity contribution in [3.05, 3.63) is 71.5 Å². The highest BCUT2D eigenvalue weighted by molar-refractivity contribution is 7.99. The van der Waals surface area contributed by atoms with E-state index in [0.29, 0.717) is 25.1 Å². The molecule has 2 atom stereocenters. The zero-order chi connectivity index (χ0) is 22.6. The van der Waals surface area contributed by atoms with Crippen molar-refractivity contribution in [2.24, 2.45) is 0 Å². The molecule has 0 saturated heterocycles. The number of hydrogen-bond acceptors (Lipinski definition) is 3. The van der Waals surface area contributed by atoms with Gasteiger partial charge in [-0.05, 0) is 49.4 Å². The van der Waals surface area contributed by atoms with Gasteiger partial charge in [0, 0.05) is 18.3 Å². The number of thioether (sulfide) groups is 1. The molecule has 0 heterocycles. The van der Waals surface area contributed by atoms with E-state index in [1.807, 2.05) is 51.1 Å². The second-order valence-corrected chi connectivity index (χ2v) is 8.67. The number of carbonyl (C=O) groups excluding carboxylic acids is 2. The number of nitrogens with one attached hydrogen (secondary N) is 1. The molecule has 0 fully saturated rings. The van der Waals surface area contributed by atoms with Gasteiger partial charge < -0.3 is 10.2 Å². The number of nitrogens with zero attached hydrogens (tertiary/aromatic N) is 1. The SMILES string of the molecule is CC[C@@H](C)NC(=O)[C@@H](CC)N(CCc1ccccc1)C(=O)CSCc1ccc(F)cc1. The third-order valence-corrected chi connectivity index (χ3v) is 6.27. The monoisotopic (exact) mass is 444 g/mol. The highest BCUT2D eigenvalue weighted by atomic mass is 32.2. The van der Waals surface area contributed by atoms with Crippen LogP contribution in [-0.2, 0) is 21.8 Å². The minimum absolute atomic E-state index is 0.0470. The summed E-state index contributed by atoms with van der Waals surface area (Å²) in [6.07, 6.45) is 2.10. The van der Waals surface area contributed by atoms with E-state index in [1.54, 1.807) is 17.0 Å². The summed E-state index contributed by atoms with van der Waals surface area (Å²) in [5.74, 6) is 0.485. The number of carbonyl (C=O) groups is 2. The maximum atomic E-state index is 13.1. The molecule has 4 nitrogen and oxygen atoms in total. The van der Waals surface area contributed by atoms with Crippen molar-refractivity contribution < 1.29 is 14.0 Å².